The number of likely N-dealkylation sites (N-methyl/N-ethyl adjacent to an activating group) is 1. The normalized spacial score (nSPS) is 24.8. The molecule has 2 unspecified atom stereocenters. The van der Waals surface area contributed by atoms with Crippen LogP contribution in [0.3, 0.4) is 0 Å². The number of pyridine rings is 1. The summed E-state index contributed by atoms with van der Waals surface area (Å²) < 4.78 is 24.7. The Morgan fingerprint density at radius 1 is 0.893 bits per heavy atom. The molecule has 0 radical (unpaired) electrons. The third kappa shape index (κ3) is 17.8. The number of allylic oxidation sites excluding steroid dienone is 1. The predicted octanol–water partition coefficient (Wildman–Crippen LogP) is 14.7. The summed E-state index contributed by atoms with van der Waals surface area (Å²) in [4.78, 5) is 79.9. The Bertz CT molecular complexity index is 4070. The molecule has 2 aromatic carbocycles. The van der Waals surface area contributed by atoms with Gasteiger partial charge in [0.05, 0.1) is 50.8 Å². The van der Waals surface area contributed by atoms with Gasteiger partial charge < -0.3 is 46.1 Å². The van der Waals surface area contributed by atoms with Crippen LogP contribution < -0.4 is 21.4 Å². The fourth-order valence-electron chi connectivity index (χ4n) is 18.3. The monoisotopic (exact) mass is 1460 g/mol. The number of rotatable bonds is 34. The number of alkyl halides is 1. The quantitative estimate of drug-likeness (QED) is 0.0109. The topological polar surface area (TPSA) is 259 Å². The number of nitrogens with zero attached hydrogens (tertiary/aromatic N) is 10. The van der Waals surface area contributed by atoms with Crippen LogP contribution in [0.15, 0.2) is 93.6 Å². The number of aryl methyl sites for hydroxylation is 1. The van der Waals surface area contributed by atoms with E-state index in [1.54, 1.807) is 23.1 Å². The lowest BCUT2D eigenvalue weighted by molar-refractivity contribution is -0.248. The number of nitrogens with one attached hydrogen (secondary N) is 2. The molecular weight excluding hydrogens is 1360 g/mol. The SMILES string of the molecule is CC(/C=N\c1nc2ccccc2s1)=C1\CCCN(c2ccc(-c3cnn(CC45CC6(C)CC(C)(C4)CC(OCCN(C)CCCCCCCCCCCCCSC(C)(C)[C@H](NC(=O)C4(F)CC4)C(=O)N4C[C@H](O)C[C@H]4C(=O)NCc4ccc(-c7scnc7C)cc4)(C6)C5)c3C)c(C(=O)O)n2)\C1=N\N. The van der Waals surface area contributed by atoms with Gasteiger partial charge in [-0.1, -0.05) is 119 Å². The minimum Gasteiger partial charge on any atom is -0.476 e. The smallest absolute Gasteiger partial charge is 0.355 e. The number of hydrogen-bond acceptors (Lipinski definition) is 17. The van der Waals surface area contributed by atoms with E-state index < -0.39 is 46.4 Å². The van der Waals surface area contributed by atoms with Crippen LogP contribution in [0.1, 0.15) is 203 Å². The van der Waals surface area contributed by atoms with Crippen molar-refractivity contribution in [3.05, 3.63) is 106 Å². The molecule has 554 valence electrons. The Morgan fingerprint density at radius 2 is 1.59 bits per heavy atom. The maximum atomic E-state index is 15.2. The molecule has 6 aromatic rings. The largest absolute Gasteiger partial charge is 0.476 e. The number of carboxylic acid groups (broad SMARTS) is 1. The Kier molecular flexibility index (Phi) is 23.5. The van der Waals surface area contributed by atoms with Gasteiger partial charge in [0.2, 0.25) is 16.9 Å². The van der Waals surface area contributed by atoms with Gasteiger partial charge >= 0.3 is 5.97 Å². The molecule has 20 nitrogen and oxygen atoms in total. The third-order valence-electron chi connectivity index (χ3n) is 22.6. The number of thioether (sulfide) groups is 1. The second kappa shape index (κ2) is 32.0. The number of amidine groups is 1. The van der Waals surface area contributed by atoms with Gasteiger partial charge in [0, 0.05) is 72.5 Å². The van der Waals surface area contributed by atoms with Gasteiger partial charge in [-0.15, -0.1) is 11.3 Å². The highest BCUT2D eigenvalue weighted by Gasteiger charge is 2.66. The van der Waals surface area contributed by atoms with Gasteiger partial charge in [-0.25, -0.2) is 29.1 Å². The van der Waals surface area contributed by atoms with Crippen molar-refractivity contribution in [1.29, 1.82) is 0 Å². The van der Waals surface area contributed by atoms with Crippen molar-refractivity contribution in [2.45, 2.75) is 237 Å². The number of likely N-dealkylation sites (tertiary alicyclic amines) is 1. The average molecular weight is 1460 g/mol. The molecule has 7 fully saturated rings. The second-order valence-corrected chi connectivity index (χ2v) is 35.7. The number of piperidine rings is 1. The number of fused-ring (bicyclic) bond motifs is 1. The number of amides is 3. The number of carbonyl (C=O) groups is 4. The van der Waals surface area contributed by atoms with Crippen molar-refractivity contribution < 1.29 is 38.5 Å². The number of hydrazone groups is 1. The zero-order chi connectivity index (χ0) is 72.9. The number of halogens is 1. The van der Waals surface area contributed by atoms with Gasteiger partial charge in [-0.2, -0.15) is 22.0 Å². The summed E-state index contributed by atoms with van der Waals surface area (Å²) in [6.07, 6.45) is 24.0. The number of aliphatic hydroxyl groups is 1. The highest BCUT2D eigenvalue weighted by molar-refractivity contribution is 8.00. The molecule has 6 N–H and O–H groups in total. The molecule has 0 spiro atoms. The molecule has 5 saturated carbocycles. The number of anilines is 1. The number of carboxylic acids is 1. The highest BCUT2D eigenvalue weighted by atomic mass is 32.2. The summed E-state index contributed by atoms with van der Waals surface area (Å²) in [6.45, 7) is 19.0. The van der Waals surface area contributed by atoms with Crippen LogP contribution in [0.25, 0.3) is 31.8 Å². The Labute approximate surface area is 618 Å². The van der Waals surface area contributed by atoms with Crippen molar-refractivity contribution in [2.75, 3.05) is 50.5 Å². The lowest BCUT2D eigenvalue weighted by atomic mass is 9.39. The van der Waals surface area contributed by atoms with Crippen LogP contribution in [0.5, 0.6) is 0 Å². The molecule has 7 aliphatic rings. The third-order valence-corrected chi connectivity index (χ3v) is 26.0. The van der Waals surface area contributed by atoms with Gasteiger partial charge in [0.15, 0.2) is 17.2 Å². The van der Waals surface area contributed by atoms with Crippen LogP contribution >= 0.6 is 34.4 Å². The van der Waals surface area contributed by atoms with Gasteiger partial charge in [0.1, 0.15) is 17.9 Å². The predicted molar refractivity (Wildman–Crippen MR) is 411 cm³/mol. The lowest BCUT2D eigenvalue weighted by Gasteiger charge is -2.69. The van der Waals surface area contributed by atoms with Gasteiger partial charge in [0.25, 0.3) is 5.91 Å². The van der Waals surface area contributed by atoms with Crippen LogP contribution in [-0.2, 0) is 32.2 Å². The number of aliphatic imine (C=N–C) groups is 1. The lowest BCUT2D eigenvalue weighted by Crippen LogP contribution is -2.64. The summed E-state index contributed by atoms with van der Waals surface area (Å²) in [5, 5.41) is 37.2. The number of aromatic nitrogens is 5. The van der Waals surface area contributed by atoms with Crippen LogP contribution in [0, 0.1) is 30.1 Å². The average Bonchev–Trinajstić information content (AvgIpc) is 0.973. The molecule has 3 amide bonds. The maximum absolute atomic E-state index is 15.2. The van der Waals surface area contributed by atoms with E-state index in [0.717, 1.165) is 144 Å². The van der Waals surface area contributed by atoms with E-state index in [1.807, 2.05) is 111 Å². The number of aliphatic hydroxyl groups excluding tert-OH is 1. The molecule has 6 heterocycles. The zero-order valence-electron chi connectivity index (χ0n) is 61.5. The van der Waals surface area contributed by atoms with E-state index in [2.05, 4.69) is 63.1 Å². The molecule has 5 atom stereocenters. The fraction of sp³-hybridized carbons (Fsp3) is 0.595. The minimum atomic E-state index is -1.98. The maximum Gasteiger partial charge on any atom is 0.355 e. The van der Waals surface area contributed by atoms with E-state index in [1.165, 1.54) is 74.0 Å². The zero-order valence-corrected chi connectivity index (χ0v) is 64.0. The first-order chi connectivity index (χ1) is 49.3. The first-order valence-corrected chi connectivity index (χ1v) is 40.1. The number of β-amino-alcohol motifs (C(OH)–C–C–N with tert-alkyl or cyclic N) is 1. The number of nitrogens with two attached hydrogens (primary N) is 1. The number of para-hydroxylation sites is 1. The highest BCUT2D eigenvalue weighted by Crippen LogP contribution is 2.72. The van der Waals surface area contributed by atoms with Crippen molar-refractivity contribution in [1.82, 2.24) is 45.2 Å². The molecule has 4 aromatic heterocycles. The first kappa shape index (κ1) is 75.7. The Hall–Kier alpha value is -6.96. The van der Waals surface area contributed by atoms with E-state index in [0.29, 0.717) is 35.5 Å². The number of hydrogen-bond donors (Lipinski definition) is 5. The molecule has 24 heteroatoms. The molecular formula is C79H106FN13O7S3. The number of aromatic carboxylic acids is 1. The van der Waals surface area contributed by atoms with Crippen LogP contribution in [-0.4, -0.2) is 160 Å². The first-order valence-electron chi connectivity index (χ1n) is 37.4. The fourth-order valence-corrected chi connectivity index (χ4v) is 21.1. The van der Waals surface area contributed by atoms with Crippen LogP contribution in [0.2, 0.25) is 0 Å². The van der Waals surface area contributed by atoms with E-state index in [4.69, 9.17) is 25.7 Å². The molecule has 103 heavy (non-hydrogen) atoms. The number of benzene rings is 2. The van der Waals surface area contributed by atoms with Crippen LogP contribution in [0.4, 0.5) is 15.3 Å². The standard InChI is InChI=1S/C79H106FN13O7S3/c1-52(40-83-73-86-61-24-18-19-25-63(61)103-73)58-23-22-35-91(68(58)89-81)64-31-30-59(65(87-64)71(97)98)60-42-85-93(54(60)3)50-77-45-75(6)44-76(7,46-77)48-78(47-75,49-77)100-37-36-90(8)34-20-16-14-12-10-9-11-13-15-17-21-38-102-74(4,5)67(88-72(99)79(80)32-33-79)70(96)92-43-57(94)39-62(92)69(95)82-41-55-26-28-56(29-27-55)66-53(2)84-51-101-66/h18-19,24-31,40,42,51,57,62,67,94H,9-17,20-23,32-39,41,43-50,81H2,1-8H3,(H,82,95)(H,88,99)(H,97,98)/b58-52-,83-40-,89-68+/t57-,62+,67-,75?,76?,77?,78?/m1/s1. The summed E-state index contributed by atoms with van der Waals surface area (Å²) in [6, 6.07) is 17.6. The number of unbranched alkanes of at least 4 members (excludes halogenated alkanes) is 10. The summed E-state index contributed by atoms with van der Waals surface area (Å²) in [5.41, 5.74) is 7.77. The molecule has 2 saturated heterocycles. The van der Waals surface area contributed by atoms with Gasteiger partial charge in [-0.3, -0.25) is 19.1 Å². The molecule has 2 aliphatic heterocycles. The number of thiazole rings is 2. The van der Waals surface area contributed by atoms with Crippen molar-refractivity contribution in [2.24, 2.45) is 32.2 Å². The molecule has 13 rings (SSSR count). The summed E-state index contributed by atoms with van der Waals surface area (Å²) in [7, 11) is 2.23. The van der Waals surface area contributed by atoms with Crippen molar-refractivity contribution >= 4 is 91.3 Å². The molecule has 5 aliphatic carbocycles. The summed E-state index contributed by atoms with van der Waals surface area (Å²) >= 11 is 4.69. The number of ether oxygens (including phenoxy) is 1. The second-order valence-electron chi connectivity index (χ2n) is 32.1. The Balaban J connectivity index is 0.547. The number of carbonyl (C=O) groups excluding carboxylic acids is 3. The Morgan fingerprint density at radius 3 is 2.26 bits per heavy atom. The van der Waals surface area contributed by atoms with E-state index >= 15 is 4.39 Å². The summed E-state index contributed by atoms with van der Waals surface area (Å²) in [5.74, 6) is 5.11. The van der Waals surface area contributed by atoms with E-state index in [-0.39, 0.29) is 65.8 Å². The molecule has 4 bridgehead atoms. The minimum absolute atomic E-state index is 0.00417. The van der Waals surface area contributed by atoms with E-state index in [9.17, 15) is 29.4 Å². The van der Waals surface area contributed by atoms with Crippen molar-refractivity contribution in [3.63, 3.8) is 0 Å². The van der Waals surface area contributed by atoms with Gasteiger partial charge in [-0.05, 0) is 188 Å². The van der Waals surface area contributed by atoms with Crippen molar-refractivity contribution in [3.8, 4) is 21.6 Å².